The molecule has 0 saturated carbocycles. The van der Waals surface area contributed by atoms with Crippen LogP contribution in [-0.4, -0.2) is 21.3 Å². The van der Waals surface area contributed by atoms with Crippen molar-refractivity contribution in [3.05, 3.63) is 20.8 Å². The van der Waals surface area contributed by atoms with E-state index < -0.39 is 11.2 Å². The highest BCUT2D eigenvalue weighted by molar-refractivity contribution is 5.55. The highest BCUT2D eigenvalue weighted by Gasteiger charge is 2.07. The SMILES string of the molecule is Nc1[nH]c(=O)n(CCCO)c(=O)c1N. The number of aromatic amines is 1. The lowest BCUT2D eigenvalue weighted by atomic mass is 10.4. The Hall–Kier alpha value is -1.76. The van der Waals surface area contributed by atoms with Gasteiger partial charge in [0.2, 0.25) is 0 Å². The van der Waals surface area contributed by atoms with Crippen LogP contribution in [0.2, 0.25) is 0 Å². The molecule has 0 amide bonds. The number of anilines is 2. The fourth-order valence-corrected chi connectivity index (χ4v) is 1.03. The molecule has 0 radical (unpaired) electrons. The first-order valence-electron chi connectivity index (χ1n) is 4.07. The molecule has 1 rings (SSSR count). The van der Waals surface area contributed by atoms with Crippen LogP contribution in [0.1, 0.15) is 6.42 Å². The Morgan fingerprint density at radius 3 is 2.57 bits per heavy atom. The normalized spacial score (nSPS) is 10.4. The molecule has 0 aromatic carbocycles. The summed E-state index contributed by atoms with van der Waals surface area (Å²) in [5.74, 6) is -0.125. The van der Waals surface area contributed by atoms with Crippen molar-refractivity contribution in [1.29, 1.82) is 0 Å². The minimum Gasteiger partial charge on any atom is -0.396 e. The molecule has 1 heterocycles. The van der Waals surface area contributed by atoms with Gasteiger partial charge in [0.1, 0.15) is 11.5 Å². The van der Waals surface area contributed by atoms with Crippen LogP contribution in [-0.2, 0) is 6.54 Å². The van der Waals surface area contributed by atoms with Crippen LogP contribution >= 0.6 is 0 Å². The number of hydrogen-bond donors (Lipinski definition) is 4. The zero-order valence-electron chi connectivity index (χ0n) is 7.49. The van der Waals surface area contributed by atoms with E-state index in [1.54, 1.807) is 0 Å². The van der Waals surface area contributed by atoms with E-state index in [-0.39, 0.29) is 24.7 Å². The predicted octanol–water partition coefficient (Wildman–Crippen LogP) is -1.92. The van der Waals surface area contributed by atoms with Gasteiger partial charge in [-0.15, -0.1) is 0 Å². The van der Waals surface area contributed by atoms with Crippen molar-refractivity contribution in [3.63, 3.8) is 0 Å². The van der Waals surface area contributed by atoms with Crippen LogP contribution in [0, 0.1) is 0 Å². The summed E-state index contributed by atoms with van der Waals surface area (Å²) in [4.78, 5) is 24.8. The molecule has 0 saturated heterocycles. The number of hydrogen-bond acceptors (Lipinski definition) is 5. The molecule has 0 atom stereocenters. The van der Waals surface area contributed by atoms with Crippen molar-refractivity contribution in [3.8, 4) is 0 Å². The minimum atomic E-state index is -0.625. The average molecular weight is 200 g/mol. The third kappa shape index (κ3) is 1.77. The Kier molecular flexibility index (Phi) is 2.92. The van der Waals surface area contributed by atoms with Gasteiger partial charge in [-0.2, -0.15) is 0 Å². The molecule has 0 aliphatic rings. The number of nitrogens with zero attached hydrogens (tertiary/aromatic N) is 1. The van der Waals surface area contributed by atoms with Crippen molar-refractivity contribution in [2.24, 2.45) is 0 Å². The van der Waals surface area contributed by atoms with Gasteiger partial charge in [0, 0.05) is 13.2 Å². The van der Waals surface area contributed by atoms with Crippen molar-refractivity contribution in [2.45, 2.75) is 13.0 Å². The van der Waals surface area contributed by atoms with E-state index in [2.05, 4.69) is 4.98 Å². The fraction of sp³-hybridized carbons (Fsp3) is 0.429. The van der Waals surface area contributed by atoms with Gasteiger partial charge in [0.25, 0.3) is 5.56 Å². The molecule has 0 fully saturated rings. The second kappa shape index (κ2) is 3.97. The van der Waals surface area contributed by atoms with Gasteiger partial charge in [-0.05, 0) is 6.42 Å². The van der Waals surface area contributed by atoms with E-state index in [1.165, 1.54) is 0 Å². The number of rotatable bonds is 3. The smallest absolute Gasteiger partial charge is 0.330 e. The molecular formula is C7H12N4O3. The molecule has 7 nitrogen and oxygen atoms in total. The largest absolute Gasteiger partial charge is 0.396 e. The molecule has 0 unspecified atom stereocenters. The summed E-state index contributed by atoms with van der Waals surface area (Å²) >= 11 is 0. The summed E-state index contributed by atoms with van der Waals surface area (Å²) < 4.78 is 0.905. The summed E-state index contributed by atoms with van der Waals surface area (Å²) in [5, 5.41) is 8.55. The Morgan fingerprint density at radius 2 is 2.00 bits per heavy atom. The van der Waals surface area contributed by atoms with Crippen molar-refractivity contribution in [2.75, 3.05) is 18.1 Å². The first-order chi connectivity index (χ1) is 6.57. The Morgan fingerprint density at radius 1 is 1.36 bits per heavy atom. The van der Waals surface area contributed by atoms with E-state index in [0.717, 1.165) is 4.57 Å². The maximum Gasteiger partial charge on any atom is 0.330 e. The maximum atomic E-state index is 11.4. The lowest BCUT2D eigenvalue weighted by molar-refractivity contribution is 0.278. The van der Waals surface area contributed by atoms with Crippen LogP contribution in [0.3, 0.4) is 0 Å². The zero-order chi connectivity index (χ0) is 10.7. The molecule has 78 valence electrons. The molecule has 0 bridgehead atoms. The molecule has 0 aliphatic heterocycles. The van der Waals surface area contributed by atoms with Gasteiger partial charge in [0.15, 0.2) is 0 Å². The van der Waals surface area contributed by atoms with E-state index in [4.69, 9.17) is 16.6 Å². The highest BCUT2D eigenvalue weighted by atomic mass is 16.3. The minimum absolute atomic E-state index is 0.101. The van der Waals surface area contributed by atoms with Gasteiger partial charge in [0.05, 0.1) is 0 Å². The zero-order valence-corrected chi connectivity index (χ0v) is 7.49. The topological polar surface area (TPSA) is 127 Å². The van der Waals surface area contributed by atoms with Crippen molar-refractivity contribution >= 4 is 11.5 Å². The number of nitrogens with one attached hydrogen (secondary N) is 1. The molecule has 0 aliphatic carbocycles. The van der Waals surface area contributed by atoms with Gasteiger partial charge in [-0.25, -0.2) is 4.79 Å². The monoisotopic (exact) mass is 200 g/mol. The Balaban J connectivity index is 3.23. The Bertz CT molecular complexity index is 434. The number of aliphatic hydroxyl groups is 1. The fourth-order valence-electron chi connectivity index (χ4n) is 1.03. The number of aliphatic hydroxyl groups excluding tert-OH is 1. The predicted molar refractivity (Wildman–Crippen MR) is 51.9 cm³/mol. The van der Waals surface area contributed by atoms with E-state index in [9.17, 15) is 9.59 Å². The molecule has 6 N–H and O–H groups in total. The van der Waals surface area contributed by atoms with E-state index >= 15 is 0 Å². The van der Waals surface area contributed by atoms with Gasteiger partial charge < -0.3 is 16.6 Å². The molecule has 1 aromatic heterocycles. The number of nitrogen functional groups attached to an aromatic ring is 2. The van der Waals surface area contributed by atoms with E-state index in [0.29, 0.717) is 6.42 Å². The molecular weight excluding hydrogens is 188 g/mol. The van der Waals surface area contributed by atoms with Crippen molar-refractivity contribution < 1.29 is 5.11 Å². The molecule has 7 heteroatoms. The number of H-pyrrole nitrogens is 1. The molecule has 14 heavy (non-hydrogen) atoms. The lowest BCUT2D eigenvalue weighted by Crippen LogP contribution is -2.37. The molecule has 1 aromatic rings. The average Bonchev–Trinajstić information content (AvgIpc) is 2.14. The van der Waals surface area contributed by atoms with Gasteiger partial charge >= 0.3 is 5.69 Å². The summed E-state index contributed by atoms with van der Waals surface area (Å²) in [7, 11) is 0. The highest BCUT2D eigenvalue weighted by Crippen LogP contribution is 1.99. The quantitative estimate of drug-likeness (QED) is 0.452. The summed E-state index contributed by atoms with van der Waals surface area (Å²) in [5.41, 5.74) is 9.19. The summed E-state index contributed by atoms with van der Waals surface area (Å²) in [6, 6.07) is 0. The van der Waals surface area contributed by atoms with Gasteiger partial charge in [-0.3, -0.25) is 14.3 Å². The number of aromatic nitrogens is 2. The standard InChI is InChI=1S/C7H12N4O3/c8-4-5(9)10-7(14)11(6(4)13)2-1-3-12/h12H,1-3,8-9H2,(H,10,14). The third-order valence-corrected chi connectivity index (χ3v) is 1.79. The summed E-state index contributed by atoms with van der Waals surface area (Å²) in [6.45, 7) is 0.0192. The summed E-state index contributed by atoms with van der Waals surface area (Å²) in [6.07, 6.45) is 0.312. The van der Waals surface area contributed by atoms with Crippen LogP contribution in [0.5, 0.6) is 0 Å². The molecule has 0 spiro atoms. The van der Waals surface area contributed by atoms with Crippen LogP contribution in [0.4, 0.5) is 11.5 Å². The van der Waals surface area contributed by atoms with E-state index in [1.807, 2.05) is 0 Å². The number of nitrogens with two attached hydrogens (primary N) is 2. The third-order valence-electron chi connectivity index (χ3n) is 1.79. The lowest BCUT2D eigenvalue weighted by Gasteiger charge is -2.05. The van der Waals surface area contributed by atoms with Crippen LogP contribution < -0.4 is 22.7 Å². The second-order valence-electron chi connectivity index (χ2n) is 2.79. The Labute approximate surface area is 79.0 Å². The van der Waals surface area contributed by atoms with Crippen LogP contribution in [0.25, 0.3) is 0 Å². The van der Waals surface area contributed by atoms with Crippen molar-refractivity contribution in [1.82, 2.24) is 9.55 Å². The second-order valence-corrected chi connectivity index (χ2v) is 2.79. The first kappa shape index (κ1) is 10.3. The first-order valence-corrected chi connectivity index (χ1v) is 4.07. The van der Waals surface area contributed by atoms with Gasteiger partial charge in [-0.1, -0.05) is 0 Å². The van der Waals surface area contributed by atoms with Crippen LogP contribution in [0.15, 0.2) is 9.59 Å². The maximum absolute atomic E-state index is 11.4.